The second kappa shape index (κ2) is 6.90. The monoisotopic (exact) mass is 269 g/mol. The van der Waals surface area contributed by atoms with Gasteiger partial charge in [-0.1, -0.05) is 36.8 Å². The molecule has 0 bridgehead atoms. The van der Waals surface area contributed by atoms with E-state index in [0.717, 1.165) is 13.0 Å². The summed E-state index contributed by atoms with van der Waals surface area (Å²) in [7, 11) is -2.88. The number of benzene rings is 1. The van der Waals surface area contributed by atoms with Crippen LogP contribution < -0.4 is 5.32 Å². The van der Waals surface area contributed by atoms with E-state index in [1.54, 1.807) is 0 Å². The molecule has 0 spiro atoms. The van der Waals surface area contributed by atoms with Gasteiger partial charge in [0.2, 0.25) is 0 Å². The van der Waals surface area contributed by atoms with Crippen LogP contribution in [0.3, 0.4) is 0 Å². The fourth-order valence-corrected chi connectivity index (χ4v) is 2.76. The Kier molecular flexibility index (Phi) is 5.82. The molecule has 0 saturated heterocycles. The van der Waals surface area contributed by atoms with Crippen molar-refractivity contribution in [3.63, 3.8) is 0 Å². The maximum absolute atomic E-state index is 11.2. The van der Waals surface area contributed by atoms with Crippen molar-refractivity contribution in [2.24, 2.45) is 0 Å². The smallest absolute Gasteiger partial charge is 0.147 e. The Hall–Kier alpha value is -0.870. The molecule has 1 aromatic carbocycles. The van der Waals surface area contributed by atoms with Crippen molar-refractivity contribution >= 4 is 9.84 Å². The predicted octanol–water partition coefficient (Wildman–Crippen LogP) is 1.95. The molecule has 0 aliphatic rings. The number of rotatable bonds is 7. The molecule has 1 N–H and O–H groups in total. The minimum Gasteiger partial charge on any atom is -0.314 e. The Balaban J connectivity index is 2.62. The highest BCUT2D eigenvalue weighted by Gasteiger charge is 2.12. The number of likely N-dealkylation sites (N-methyl/N-ethyl adjacent to an activating group) is 1. The molecule has 18 heavy (non-hydrogen) atoms. The zero-order chi connectivity index (χ0) is 13.6. The minimum absolute atomic E-state index is 0.228. The summed E-state index contributed by atoms with van der Waals surface area (Å²) in [6, 6.07) is 8.60. The van der Waals surface area contributed by atoms with Crippen molar-refractivity contribution in [1.82, 2.24) is 5.32 Å². The molecule has 1 unspecified atom stereocenters. The van der Waals surface area contributed by atoms with Crippen molar-refractivity contribution in [2.75, 3.05) is 18.6 Å². The first-order valence-corrected chi connectivity index (χ1v) is 8.43. The molecule has 0 aromatic heterocycles. The summed E-state index contributed by atoms with van der Waals surface area (Å²) >= 11 is 0. The Bertz CT molecular complexity index is 468. The Morgan fingerprint density at radius 1 is 1.33 bits per heavy atom. The van der Waals surface area contributed by atoms with Crippen molar-refractivity contribution in [3.8, 4) is 0 Å². The van der Waals surface area contributed by atoms with E-state index < -0.39 is 9.84 Å². The molecule has 0 aliphatic heterocycles. The summed E-state index contributed by atoms with van der Waals surface area (Å²) in [4.78, 5) is 0. The second-order valence-corrected chi connectivity index (χ2v) is 7.13. The van der Waals surface area contributed by atoms with E-state index in [1.165, 1.54) is 17.4 Å². The summed E-state index contributed by atoms with van der Waals surface area (Å²) in [6.45, 7) is 4.98. The first-order chi connectivity index (χ1) is 8.40. The third kappa shape index (κ3) is 6.17. The van der Waals surface area contributed by atoms with E-state index in [1.807, 2.05) is 13.0 Å². The Morgan fingerprint density at radius 2 is 2.06 bits per heavy atom. The van der Waals surface area contributed by atoms with Gasteiger partial charge < -0.3 is 5.32 Å². The van der Waals surface area contributed by atoms with Gasteiger partial charge in [0.15, 0.2) is 0 Å². The van der Waals surface area contributed by atoms with Crippen LogP contribution in [0.15, 0.2) is 24.3 Å². The maximum Gasteiger partial charge on any atom is 0.147 e. The summed E-state index contributed by atoms with van der Waals surface area (Å²) in [5, 5.41) is 3.36. The van der Waals surface area contributed by atoms with E-state index in [-0.39, 0.29) is 11.8 Å². The lowest BCUT2D eigenvalue weighted by Gasteiger charge is -2.17. The largest absolute Gasteiger partial charge is 0.314 e. The quantitative estimate of drug-likeness (QED) is 0.823. The van der Waals surface area contributed by atoms with Gasteiger partial charge in [0.05, 0.1) is 5.75 Å². The average Bonchev–Trinajstić information content (AvgIpc) is 2.25. The zero-order valence-corrected chi connectivity index (χ0v) is 12.3. The minimum atomic E-state index is -2.88. The molecule has 0 radical (unpaired) electrons. The fraction of sp³-hybridized carbons (Fsp3) is 0.571. The number of aryl methyl sites for hydroxylation is 1. The third-order valence-corrected chi connectivity index (χ3v) is 3.87. The van der Waals surface area contributed by atoms with Crippen LogP contribution in [-0.4, -0.2) is 33.0 Å². The molecule has 102 valence electrons. The van der Waals surface area contributed by atoms with E-state index in [9.17, 15) is 8.42 Å². The van der Waals surface area contributed by atoms with Gasteiger partial charge in [-0.25, -0.2) is 8.42 Å². The number of sulfone groups is 1. The van der Waals surface area contributed by atoms with Crippen LogP contribution in [-0.2, 0) is 16.3 Å². The van der Waals surface area contributed by atoms with Gasteiger partial charge in [-0.3, -0.25) is 0 Å². The number of nitrogens with one attached hydrogen (secondary N) is 1. The van der Waals surface area contributed by atoms with Crippen molar-refractivity contribution < 1.29 is 8.42 Å². The van der Waals surface area contributed by atoms with Crippen LogP contribution in [0, 0.1) is 6.92 Å². The molecule has 3 nitrogen and oxygen atoms in total. The summed E-state index contributed by atoms with van der Waals surface area (Å²) in [5.74, 6) is 0.247. The summed E-state index contributed by atoms with van der Waals surface area (Å²) in [6.07, 6.45) is 2.84. The third-order valence-electron chi connectivity index (χ3n) is 2.89. The second-order valence-electron chi connectivity index (χ2n) is 4.87. The molecular weight excluding hydrogens is 246 g/mol. The molecule has 0 fully saturated rings. The van der Waals surface area contributed by atoms with E-state index >= 15 is 0 Å². The number of hydrogen-bond donors (Lipinski definition) is 1. The molecule has 1 aromatic rings. The summed E-state index contributed by atoms with van der Waals surface area (Å²) in [5.41, 5.74) is 2.50. The molecule has 0 aliphatic carbocycles. The Morgan fingerprint density at radius 3 is 2.61 bits per heavy atom. The topological polar surface area (TPSA) is 46.2 Å². The maximum atomic E-state index is 11.2. The van der Waals surface area contributed by atoms with Crippen LogP contribution in [0.4, 0.5) is 0 Å². The molecule has 4 heteroatoms. The average molecular weight is 269 g/mol. The van der Waals surface area contributed by atoms with Crippen LogP contribution in [0.25, 0.3) is 0 Å². The van der Waals surface area contributed by atoms with Gasteiger partial charge >= 0.3 is 0 Å². The van der Waals surface area contributed by atoms with Crippen molar-refractivity contribution in [1.29, 1.82) is 0 Å². The SMILES string of the molecule is CCNC(CCS(C)(=O)=O)Cc1cccc(C)c1. The summed E-state index contributed by atoms with van der Waals surface area (Å²) < 4.78 is 22.4. The van der Waals surface area contributed by atoms with Crippen LogP contribution >= 0.6 is 0 Å². The zero-order valence-electron chi connectivity index (χ0n) is 11.4. The van der Waals surface area contributed by atoms with E-state index in [2.05, 4.69) is 30.4 Å². The highest BCUT2D eigenvalue weighted by molar-refractivity contribution is 7.90. The number of hydrogen-bond acceptors (Lipinski definition) is 3. The molecule has 0 amide bonds. The molecular formula is C14H23NO2S. The molecule has 0 saturated carbocycles. The lowest BCUT2D eigenvalue weighted by Crippen LogP contribution is -2.32. The van der Waals surface area contributed by atoms with E-state index in [4.69, 9.17) is 0 Å². The predicted molar refractivity (Wildman–Crippen MR) is 76.7 cm³/mol. The first-order valence-electron chi connectivity index (χ1n) is 6.37. The lowest BCUT2D eigenvalue weighted by atomic mass is 10.0. The van der Waals surface area contributed by atoms with Gasteiger partial charge in [-0.15, -0.1) is 0 Å². The highest BCUT2D eigenvalue weighted by Crippen LogP contribution is 2.09. The van der Waals surface area contributed by atoms with Gasteiger partial charge in [0.1, 0.15) is 9.84 Å². The van der Waals surface area contributed by atoms with Crippen molar-refractivity contribution in [2.45, 2.75) is 32.7 Å². The standard InChI is InChI=1S/C14H23NO2S/c1-4-15-14(8-9-18(3,16)17)11-13-7-5-6-12(2)10-13/h5-7,10,14-15H,4,8-9,11H2,1-3H3. The molecule has 0 heterocycles. The molecule has 1 atom stereocenters. The normalized spacial score (nSPS) is 13.5. The van der Waals surface area contributed by atoms with Crippen LogP contribution in [0.2, 0.25) is 0 Å². The van der Waals surface area contributed by atoms with Gasteiger partial charge in [-0.2, -0.15) is 0 Å². The van der Waals surface area contributed by atoms with E-state index in [0.29, 0.717) is 6.42 Å². The van der Waals surface area contributed by atoms with Gasteiger partial charge in [0, 0.05) is 12.3 Å². The van der Waals surface area contributed by atoms with Gasteiger partial charge in [0.25, 0.3) is 0 Å². The fourth-order valence-electron chi connectivity index (χ4n) is 2.04. The lowest BCUT2D eigenvalue weighted by molar-refractivity contribution is 0.506. The van der Waals surface area contributed by atoms with Crippen molar-refractivity contribution in [3.05, 3.63) is 35.4 Å². The van der Waals surface area contributed by atoms with Gasteiger partial charge in [-0.05, 0) is 31.9 Å². The highest BCUT2D eigenvalue weighted by atomic mass is 32.2. The molecule has 1 rings (SSSR count). The Labute approximate surface area is 111 Å². The first kappa shape index (κ1) is 15.2. The van der Waals surface area contributed by atoms with Crippen LogP contribution in [0.1, 0.15) is 24.5 Å². The van der Waals surface area contributed by atoms with Crippen LogP contribution in [0.5, 0.6) is 0 Å².